The van der Waals surface area contributed by atoms with Gasteiger partial charge in [0, 0.05) is 25.7 Å². The van der Waals surface area contributed by atoms with Gasteiger partial charge in [0.05, 0.1) is 0 Å². The topological polar surface area (TPSA) is 61.8 Å². The zero-order valence-electron chi connectivity index (χ0n) is 13.6. The van der Waals surface area contributed by atoms with Gasteiger partial charge >= 0.3 is 6.09 Å². The maximum Gasteiger partial charge on any atom is 0.410 e. The molecule has 2 atom stereocenters. The van der Waals surface area contributed by atoms with Crippen LogP contribution in [-0.2, 0) is 4.74 Å². The molecule has 122 valence electrons. The van der Waals surface area contributed by atoms with Crippen LogP contribution >= 0.6 is 0 Å². The van der Waals surface area contributed by atoms with Gasteiger partial charge in [0.1, 0.15) is 5.60 Å². The molecular formula is C16H30N2O3. The summed E-state index contributed by atoms with van der Waals surface area (Å²) in [7, 11) is 0. The molecule has 1 amide bonds. The lowest BCUT2D eigenvalue weighted by Crippen LogP contribution is -2.61. The van der Waals surface area contributed by atoms with Gasteiger partial charge in [-0.3, -0.25) is 0 Å². The van der Waals surface area contributed by atoms with Crippen LogP contribution in [0, 0.1) is 11.8 Å². The smallest absolute Gasteiger partial charge is 0.410 e. The molecule has 2 unspecified atom stereocenters. The molecule has 1 aliphatic carbocycles. The zero-order valence-corrected chi connectivity index (χ0v) is 13.6. The number of carbonyl (C=O) groups excluding carboxylic acids is 1. The Hall–Kier alpha value is -0.810. The first-order valence-corrected chi connectivity index (χ1v) is 8.21. The highest BCUT2D eigenvalue weighted by molar-refractivity contribution is 5.69. The molecule has 1 heterocycles. The lowest BCUT2D eigenvalue weighted by atomic mass is 9.79. The van der Waals surface area contributed by atoms with Gasteiger partial charge in [0.2, 0.25) is 0 Å². The van der Waals surface area contributed by atoms with Crippen LogP contribution in [0.15, 0.2) is 0 Å². The summed E-state index contributed by atoms with van der Waals surface area (Å²) in [6.45, 7) is 8.38. The maximum atomic E-state index is 11.8. The third-order valence-corrected chi connectivity index (χ3v) is 4.50. The zero-order chi connectivity index (χ0) is 15.5. The first-order chi connectivity index (χ1) is 9.89. The number of nitrogens with zero attached hydrogens (tertiary/aromatic N) is 1. The Morgan fingerprint density at radius 2 is 1.86 bits per heavy atom. The van der Waals surface area contributed by atoms with Gasteiger partial charge in [-0.25, -0.2) is 4.79 Å². The largest absolute Gasteiger partial charge is 0.444 e. The molecule has 0 aromatic rings. The van der Waals surface area contributed by atoms with Crippen molar-refractivity contribution in [3.05, 3.63) is 0 Å². The molecule has 5 nitrogen and oxygen atoms in total. The van der Waals surface area contributed by atoms with E-state index in [1.54, 1.807) is 4.90 Å². The summed E-state index contributed by atoms with van der Waals surface area (Å²) in [5, 5.41) is 13.0. The van der Waals surface area contributed by atoms with Crippen molar-refractivity contribution >= 4 is 6.09 Å². The van der Waals surface area contributed by atoms with Crippen molar-refractivity contribution in [1.29, 1.82) is 0 Å². The predicted octanol–water partition coefficient (Wildman–Crippen LogP) is 1.99. The van der Waals surface area contributed by atoms with E-state index in [4.69, 9.17) is 4.74 Å². The fourth-order valence-corrected chi connectivity index (χ4v) is 3.19. The molecule has 1 saturated carbocycles. The molecule has 21 heavy (non-hydrogen) atoms. The van der Waals surface area contributed by atoms with Gasteiger partial charge in [-0.15, -0.1) is 0 Å². The molecule has 1 aliphatic heterocycles. The monoisotopic (exact) mass is 298 g/mol. The van der Waals surface area contributed by atoms with Crippen LogP contribution in [-0.4, -0.2) is 54.0 Å². The molecule has 2 rings (SSSR count). The van der Waals surface area contributed by atoms with E-state index in [1.807, 2.05) is 20.8 Å². The van der Waals surface area contributed by atoms with Crippen LogP contribution in [0.25, 0.3) is 0 Å². The third-order valence-electron chi connectivity index (χ3n) is 4.50. The normalized spacial score (nSPS) is 27.3. The Balaban J connectivity index is 1.65. The SMILES string of the molecule is CC(C)(C)OC(=O)N1CC(NCC2CCCCC2CO)C1. The lowest BCUT2D eigenvalue weighted by molar-refractivity contribution is 0.00428. The number of hydrogen-bond acceptors (Lipinski definition) is 4. The highest BCUT2D eigenvalue weighted by atomic mass is 16.6. The van der Waals surface area contributed by atoms with Crippen LogP contribution < -0.4 is 5.32 Å². The number of hydrogen-bond donors (Lipinski definition) is 2. The molecule has 1 saturated heterocycles. The van der Waals surface area contributed by atoms with Crippen molar-refractivity contribution in [2.45, 2.75) is 58.1 Å². The number of nitrogens with one attached hydrogen (secondary N) is 1. The molecule has 5 heteroatoms. The number of aliphatic hydroxyl groups excluding tert-OH is 1. The molecule has 2 aliphatic rings. The van der Waals surface area contributed by atoms with Crippen LogP contribution in [0.1, 0.15) is 46.5 Å². The molecule has 2 fully saturated rings. The summed E-state index contributed by atoms with van der Waals surface area (Å²) in [4.78, 5) is 13.6. The maximum absolute atomic E-state index is 11.8. The Labute approximate surface area is 128 Å². The third kappa shape index (κ3) is 4.85. The minimum Gasteiger partial charge on any atom is -0.444 e. The number of aliphatic hydroxyl groups is 1. The Kier molecular flexibility index (Phi) is 5.49. The fourth-order valence-electron chi connectivity index (χ4n) is 3.19. The second kappa shape index (κ2) is 6.97. The average molecular weight is 298 g/mol. The summed E-state index contributed by atoms with van der Waals surface area (Å²) in [6.07, 6.45) is 4.67. The summed E-state index contributed by atoms with van der Waals surface area (Å²) in [5.41, 5.74) is -0.425. The number of ether oxygens (including phenoxy) is 1. The minimum absolute atomic E-state index is 0.216. The number of amides is 1. The first-order valence-electron chi connectivity index (χ1n) is 8.21. The second-order valence-corrected chi connectivity index (χ2v) is 7.48. The van der Waals surface area contributed by atoms with E-state index in [2.05, 4.69) is 5.32 Å². The standard InChI is InChI=1S/C16H30N2O3/c1-16(2,3)21-15(20)18-9-14(10-18)17-8-12-6-4-5-7-13(12)11-19/h12-14,17,19H,4-11H2,1-3H3. The Morgan fingerprint density at radius 1 is 1.24 bits per heavy atom. The van der Waals surface area contributed by atoms with Gasteiger partial charge in [-0.2, -0.15) is 0 Å². The summed E-state index contributed by atoms with van der Waals surface area (Å²) < 4.78 is 5.35. The summed E-state index contributed by atoms with van der Waals surface area (Å²) >= 11 is 0. The van der Waals surface area contributed by atoms with E-state index >= 15 is 0 Å². The van der Waals surface area contributed by atoms with Crippen molar-refractivity contribution in [1.82, 2.24) is 10.2 Å². The van der Waals surface area contributed by atoms with Crippen LogP contribution in [0.2, 0.25) is 0 Å². The van der Waals surface area contributed by atoms with Gasteiger partial charge in [-0.05, 0) is 52.0 Å². The van der Waals surface area contributed by atoms with E-state index in [0.29, 0.717) is 24.5 Å². The van der Waals surface area contributed by atoms with Gasteiger partial charge in [0.15, 0.2) is 0 Å². The molecule has 0 aromatic carbocycles. The average Bonchev–Trinajstić information content (AvgIpc) is 2.35. The van der Waals surface area contributed by atoms with E-state index in [-0.39, 0.29) is 6.09 Å². The Bertz CT molecular complexity index is 348. The highest BCUT2D eigenvalue weighted by Crippen LogP contribution is 2.29. The summed E-state index contributed by atoms with van der Waals surface area (Å²) in [6, 6.07) is 0.374. The van der Waals surface area contributed by atoms with E-state index < -0.39 is 5.60 Å². The number of carbonyl (C=O) groups is 1. The minimum atomic E-state index is -0.425. The molecule has 0 spiro atoms. The fraction of sp³-hybridized carbons (Fsp3) is 0.938. The van der Waals surface area contributed by atoms with Crippen molar-refractivity contribution in [3.8, 4) is 0 Å². The van der Waals surface area contributed by atoms with Gasteiger partial charge in [0.25, 0.3) is 0 Å². The molecule has 2 N–H and O–H groups in total. The Morgan fingerprint density at radius 3 is 2.43 bits per heavy atom. The second-order valence-electron chi connectivity index (χ2n) is 7.48. The van der Waals surface area contributed by atoms with Crippen LogP contribution in [0.5, 0.6) is 0 Å². The van der Waals surface area contributed by atoms with Crippen LogP contribution in [0.4, 0.5) is 4.79 Å². The quantitative estimate of drug-likeness (QED) is 0.833. The molecule has 0 bridgehead atoms. The van der Waals surface area contributed by atoms with Crippen molar-refractivity contribution in [3.63, 3.8) is 0 Å². The lowest BCUT2D eigenvalue weighted by Gasteiger charge is -2.41. The molecule has 0 aromatic heterocycles. The van der Waals surface area contributed by atoms with Crippen LogP contribution in [0.3, 0.4) is 0 Å². The molecular weight excluding hydrogens is 268 g/mol. The van der Waals surface area contributed by atoms with Crippen molar-refractivity contribution in [2.75, 3.05) is 26.2 Å². The number of rotatable bonds is 4. The van der Waals surface area contributed by atoms with E-state index in [0.717, 1.165) is 26.1 Å². The number of likely N-dealkylation sites (tertiary alicyclic amines) is 1. The van der Waals surface area contributed by atoms with E-state index in [9.17, 15) is 9.90 Å². The first kappa shape index (κ1) is 16.6. The van der Waals surface area contributed by atoms with Gasteiger partial charge in [-0.1, -0.05) is 12.8 Å². The van der Waals surface area contributed by atoms with Crippen molar-refractivity contribution in [2.24, 2.45) is 11.8 Å². The molecule has 0 radical (unpaired) electrons. The highest BCUT2D eigenvalue weighted by Gasteiger charge is 2.34. The summed E-state index contributed by atoms with van der Waals surface area (Å²) in [5.74, 6) is 1.03. The van der Waals surface area contributed by atoms with Crippen molar-refractivity contribution < 1.29 is 14.6 Å². The van der Waals surface area contributed by atoms with E-state index in [1.165, 1.54) is 19.3 Å². The van der Waals surface area contributed by atoms with Gasteiger partial charge < -0.3 is 20.1 Å². The predicted molar refractivity (Wildman–Crippen MR) is 82.1 cm³/mol.